The Morgan fingerprint density at radius 2 is 1.50 bits per heavy atom. The molecule has 0 saturated heterocycles. The van der Waals surface area contributed by atoms with Gasteiger partial charge < -0.3 is 25.8 Å². The third kappa shape index (κ3) is 12.2. The summed E-state index contributed by atoms with van der Waals surface area (Å²) in [6, 6.07) is 5.81. The van der Waals surface area contributed by atoms with Crippen LogP contribution in [0.2, 0.25) is 0 Å². The Kier molecular flexibility index (Phi) is 13.9. The number of carbonyl (C=O) groups excluding carboxylic acids is 1. The van der Waals surface area contributed by atoms with Crippen LogP contribution in [0.3, 0.4) is 0 Å². The minimum absolute atomic E-state index is 0.0141. The first-order valence-electron chi connectivity index (χ1n) is 13.3. The van der Waals surface area contributed by atoms with Crippen molar-refractivity contribution in [3.8, 4) is 0 Å². The third-order valence-electron chi connectivity index (χ3n) is 5.85. The molecule has 0 aliphatic heterocycles. The molecule has 1 aromatic heterocycles. The van der Waals surface area contributed by atoms with Gasteiger partial charge in [-0.2, -0.15) is 17.6 Å². The molecule has 0 radical (unpaired) electrons. The van der Waals surface area contributed by atoms with E-state index in [2.05, 4.69) is 66.6 Å². The van der Waals surface area contributed by atoms with Gasteiger partial charge in [-0.25, -0.2) is 4.98 Å². The van der Waals surface area contributed by atoms with E-state index in [0.29, 0.717) is 12.4 Å². The number of rotatable bonds is 18. The summed E-state index contributed by atoms with van der Waals surface area (Å²) in [5, 5.41) is 10.8. The molecule has 1 aromatic carbocycles. The van der Waals surface area contributed by atoms with Gasteiger partial charge in [0.2, 0.25) is 11.9 Å². The summed E-state index contributed by atoms with van der Waals surface area (Å²) >= 11 is 4.32. The number of benzene rings is 1. The first-order chi connectivity index (χ1) is 17.2. The quantitative estimate of drug-likeness (QED) is 0.164. The van der Waals surface area contributed by atoms with Crippen LogP contribution in [0.25, 0.3) is 10.9 Å². The summed E-state index contributed by atoms with van der Waals surface area (Å²) in [6.45, 7) is 5.86. The molecule has 2 rings (SSSR count). The van der Waals surface area contributed by atoms with E-state index in [-0.39, 0.29) is 11.2 Å². The highest BCUT2D eigenvalue weighted by atomic mass is 32.1. The Labute approximate surface area is 223 Å². The highest BCUT2D eigenvalue weighted by Gasteiger charge is 2.11. The van der Waals surface area contributed by atoms with Gasteiger partial charge in [0.15, 0.2) is 0 Å². The molecule has 2 aromatic rings. The number of hydrogen-bond acceptors (Lipinski definition) is 8. The molecule has 8 nitrogen and oxygen atoms in total. The van der Waals surface area contributed by atoms with Crippen molar-refractivity contribution in [1.82, 2.24) is 19.8 Å². The first kappa shape index (κ1) is 30.1. The predicted octanol–water partition coefficient (Wildman–Crippen LogP) is 4.95. The Morgan fingerprint density at radius 1 is 0.889 bits per heavy atom. The molecule has 1 heterocycles. The van der Waals surface area contributed by atoms with Gasteiger partial charge in [0.05, 0.1) is 5.52 Å². The van der Waals surface area contributed by atoms with E-state index in [1.165, 1.54) is 32.1 Å². The Bertz CT molecular complexity index is 920. The van der Waals surface area contributed by atoms with Crippen molar-refractivity contribution < 1.29 is 4.79 Å². The molecule has 3 N–H and O–H groups in total. The number of hydrogen-bond donors (Lipinski definition) is 4. The first-order valence-corrected chi connectivity index (χ1v) is 13.8. The van der Waals surface area contributed by atoms with E-state index in [1.807, 2.05) is 25.1 Å². The fraction of sp³-hybridized carbons (Fsp3) is 0.667. The number of fused-ring (bicyclic) bond motifs is 1. The smallest absolute Gasteiger partial charge is 0.225 e. The SMILES string of the molecule is C[C@@H](S)CC(=O)Nc1ccc2nc(NCCCCCN(C)C)nc(NCCCCCCN(C)C)c2c1. The number of unbranched alkanes of at least 4 members (excludes halogenated alkanes) is 5. The number of aromatic nitrogens is 2. The zero-order valence-corrected chi connectivity index (χ0v) is 23.8. The zero-order chi connectivity index (χ0) is 26.3. The van der Waals surface area contributed by atoms with Gasteiger partial charge >= 0.3 is 0 Å². The molecule has 36 heavy (non-hydrogen) atoms. The average molecular weight is 518 g/mol. The molecule has 0 aliphatic carbocycles. The molecule has 0 bridgehead atoms. The van der Waals surface area contributed by atoms with Crippen molar-refractivity contribution in [2.24, 2.45) is 0 Å². The van der Waals surface area contributed by atoms with E-state index in [4.69, 9.17) is 9.97 Å². The molecular formula is C27H47N7OS. The maximum atomic E-state index is 12.2. The van der Waals surface area contributed by atoms with Gasteiger partial charge in [0.1, 0.15) is 5.82 Å². The molecular weight excluding hydrogens is 470 g/mol. The summed E-state index contributed by atoms with van der Waals surface area (Å²) in [6.07, 6.45) is 8.54. The number of carbonyl (C=O) groups is 1. The minimum Gasteiger partial charge on any atom is -0.369 e. The maximum absolute atomic E-state index is 12.2. The van der Waals surface area contributed by atoms with Gasteiger partial charge in [0, 0.05) is 35.8 Å². The molecule has 0 unspecified atom stereocenters. The lowest BCUT2D eigenvalue weighted by Gasteiger charge is -2.14. The van der Waals surface area contributed by atoms with Crippen molar-refractivity contribution in [1.29, 1.82) is 0 Å². The lowest BCUT2D eigenvalue weighted by atomic mass is 10.1. The highest BCUT2D eigenvalue weighted by molar-refractivity contribution is 7.80. The number of thiol groups is 1. The van der Waals surface area contributed by atoms with Crippen molar-refractivity contribution >= 4 is 46.9 Å². The summed E-state index contributed by atoms with van der Waals surface area (Å²) in [7, 11) is 8.45. The summed E-state index contributed by atoms with van der Waals surface area (Å²) in [5.41, 5.74) is 1.60. The second-order valence-corrected chi connectivity index (χ2v) is 11.0. The van der Waals surface area contributed by atoms with Crippen molar-refractivity contribution in [2.45, 2.75) is 63.5 Å². The van der Waals surface area contributed by atoms with Crippen molar-refractivity contribution in [2.75, 3.05) is 70.3 Å². The fourth-order valence-corrected chi connectivity index (χ4v) is 4.11. The predicted molar refractivity (Wildman–Crippen MR) is 158 cm³/mol. The van der Waals surface area contributed by atoms with Crippen LogP contribution in [0.5, 0.6) is 0 Å². The van der Waals surface area contributed by atoms with Crippen LogP contribution >= 0.6 is 12.6 Å². The fourth-order valence-electron chi connectivity index (χ4n) is 3.94. The normalized spacial score (nSPS) is 12.3. The van der Waals surface area contributed by atoms with E-state index in [1.54, 1.807) is 0 Å². The lowest BCUT2D eigenvalue weighted by Crippen LogP contribution is -2.15. The second kappa shape index (κ2) is 16.6. The van der Waals surface area contributed by atoms with Gasteiger partial charge in [-0.3, -0.25) is 4.79 Å². The van der Waals surface area contributed by atoms with Crippen LogP contribution in [0.15, 0.2) is 18.2 Å². The summed E-state index contributed by atoms with van der Waals surface area (Å²) in [4.78, 5) is 26.2. The molecule has 0 saturated carbocycles. The molecule has 0 fully saturated rings. The lowest BCUT2D eigenvalue weighted by molar-refractivity contribution is -0.116. The van der Waals surface area contributed by atoms with Crippen LogP contribution in [-0.2, 0) is 4.79 Å². The Morgan fingerprint density at radius 3 is 2.14 bits per heavy atom. The van der Waals surface area contributed by atoms with Gasteiger partial charge in [-0.05, 0) is 85.2 Å². The van der Waals surface area contributed by atoms with Gasteiger partial charge in [-0.1, -0.05) is 26.2 Å². The number of amides is 1. The van der Waals surface area contributed by atoms with Crippen molar-refractivity contribution in [3.63, 3.8) is 0 Å². The van der Waals surface area contributed by atoms with E-state index < -0.39 is 0 Å². The van der Waals surface area contributed by atoms with Crippen LogP contribution in [0.1, 0.15) is 58.3 Å². The number of nitrogens with one attached hydrogen (secondary N) is 3. The molecule has 202 valence electrons. The van der Waals surface area contributed by atoms with E-state index in [0.717, 1.165) is 61.4 Å². The molecule has 1 amide bonds. The van der Waals surface area contributed by atoms with Gasteiger partial charge in [-0.15, -0.1) is 0 Å². The Balaban J connectivity index is 2.05. The molecule has 0 spiro atoms. The summed E-state index contributed by atoms with van der Waals surface area (Å²) < 4.78 is 0. The van der Waals surface area contributed by atoms with Crippen LogP contribution in [0.4, 0.5) is 17.5 Å². The number of anilines is 3. The molecule has 1 atom stereocenters. The topological polar surface area (TPSA) is 85.4 Å². The number of nitrogens with zero attached hydrogens (tertiary/aromatic N) is 4. The molecule has 0 aliphatic rings. The van der Waals surface area contributed by atoms with Crippen LogP contribution in [-0.4, -0.2) is 85.3 Å². The average Bonchev–Trinajstić information content (AvgIpc) is 2.79. The second-order valence-electron chi connectivity index (χ2n) is 10.2. The van der Waals surface area contributed by atoms with Crippen LogP contribution < -0.4 is 16.0 Å². The van der Waals surface area contributed by atoms with E-state index in [9.17, 15) is 4.79 Å². The van der Waals surface area contributed by atoms with Crippen molar-refractivity contribution in [3.05, 3.63) is 18.2 Å². The molecule has 9 heteroatoms. The minimum atomic E-state index is -0.0439. The standard InChI is InChI=1S/C27H47N7OS/c1-21(36)19-25(35)30-22-13-14-24-23(20-22)26(28-15-9-6-7-11-17-33(2)3)32-27(31-24)29-16-10-8-12-18-34(4)5/h13-14,20-21,36H,6-12,15-19H2,1-5H3,(H,30,35)(H2,28,29,31,32)/t21-/m1/s1. The van der Waals surface area contributed by atoms with Gasteiger partial charge in [0.25, 0.3) is 0 Å². The third-order valence-corrected chi connectivity index (χ3v) is 6.03. The summed E-state index contributed by atoms with van der Waals surface area (Å²) in [5.74, 6) is 1.41. The monoisotopic (exact) mass is 517 g/mol. The zero-order valence-electron chi connectivity index (χ0n) is 22.9. The largest absolute Gasteiger partial charge is 0.369 e. The maximum Gasteiger partial charge on any atom is 0.225 e. The van der Waals surface area contributed by atoms with E-state index >= 15 is 0 Å². The van der Waals surface area contributed by atoms with Crippen LogP contribution in [0, 0.1) is 0 Å². The highest BCUT2D eigenvalue weighted by Crippen LogP contribution is 2.26. The Hall–Kier alpha value is -2.10.